The lowest BCUT2D eigenvalue weighted by atomic mass is 10.2. The van der Waals surface area contributed by atoms with Crippen LogP contribution in [0.2, 0.25) is 0 Å². The summed E-state index contributed by atoms with van der Waals surface area (Å²) in [7, 11) is 1.72. The van der Waals surface area contributed by atoms with Crippen LogP contribution in [-0.2, 0) is 17.8 Å². The Labute approximate surface area is 114 Å². The molecule has 1 heterocycles. The molecular weight excluding hydrogens is 236 g/mol. The van der Waals surface area contributed by atoms with Crippen LogP contribution in [0.5, 0.6) is 0 Å². The van der Waals surface area contributed by atoms with Crippen molar-refractivity contribution in [1.82, 2.24) is 9.88 Å². The summed E-state index contributed by atoms with van der Waals surface area (Å²) in [6.45, 7) is 9.42. The zero-order chi connectivity index (χ0) is 13.7. The zero-order valence-corrected chi connectivity index (χ0v) is 11.8. The lowest BCUT2D eigenvalue weighted by Gasteiger charge is -2.11. The Morgan fingerprint density at radius 3 is 2.89 bits per heavy atom. The summed E-state index contributed by atoms with van der Waals surface area (Å²) in [5, 5.41) is 4.69. The second-order valence-corrected chi connectivity index (χ2v) is 4.91. The van der Waals surface area contributed by atoms with Crippen molar-refractivity contribution in [1.29, 1.82) is 0 Å². The number of rotatable bonds is 7. The van der Waals surface area contributed by atoms with Crippen LogP contribution in [0.3, 0.4) is 0 Å². The molecule has 0 radical (unpaired) electrons. The summed E-state index contributed by atoms with van der Waals surface area (Å²) in [4.78, 5) is 0. The maximum atomic E-state index is 5.05. The molecule has 1 aromatic heterocycles. The molecule has 0 aliphatic rings. The van der Waals surface area contributed by atoms with Gasteiger partial charge in [-0.05, 0) is 24.4 Å². The molecule has 0 spiro atoms. The number of hydrogen-bond donors (Lipinski definition) is 1. The first kappa shape index (κ1) is 13.8. The quantitative estimate of drug-likeness (QED) is 0.610. The minimum Gasteiger partial charge on any atom is -0.383 e. The van der Waals surface area contributed by atoms with Crippen LogP contribution in [-0.4, -0.2) is 24.8 Å². The van der Waals surface area contributed by atoms with Crippen LogP contribution in [0.25, 0.3) is 10.9 Å². The van der Waals surface area contributed by atoms with E-state index in [2.05, 4.69) is 53.7 Å². The third kappa shape index (κ3) is 3.46. The lowest BCUT2D eigenvalue weighted by Crippen LogP contribution is -2.20. The van der Waals surface area contributed by atoms with E-state index in [1.807, 2.05) is 0 Å². The van der Waals surface area contributed by atoms with E-state index in [1.165, 1.54) is 22.2 Å². The van der Waals surface area contributed by atoms with Gasteiger partial charge in [0.1, 0.15) is 0 Å². The van der Waals surface area contributed by atoms with Gasteiger partial charge in [-0.1, -0.05) is 30.4 Å². The van der Waals surface area contributed by atoms with Gasteiger partial charge in [0.15, 0.2) is 0 Å². The summed E-state index contributed by atoms with van der Waals surface area (Å²) in [6, 6.07) is 10.7. The Bertz CT molecular complexity index is 557. The third-order valence-electron chi connectivity index (χ3n) is 3.11. The summed E-state index contributed by atoms with van der Waals surface area (Å²) < 4.78 is 7.38. The molecule has 0 aliphatic heterocycles. The summed E-state index contributed by atoms with van der Waals surface area (Å²) in [6.07, 6.45) is 0. The van der Waals surface area contributed by atoms with Gasteiger partial charge in [0.25, 0.3) is 0 Å². The van der Waals surface area contributed by atoms with Crippen LogP contribution in [0, 0.1) is 0 Å². The number of nitrogens with zero attached hydrogens (tertiary/aromatic N) is 1. The fourth-order valence-corrected chi connectivity index (χ4v) is 2.26. The number of allylic oxidation sites excluding steroid dienone is 1. The first-order chi connectivity index (χ1) is 9.22. The molecule has 0 atom stereocenters. The normalized spacial score (nSPS) is 11.1. The van der Waals surface area contributed by atoms with Crippen LogP contribution in [0.15, 0.2) is 42.5 Å². The van der Waals surface area contributed by atoms with Gasteiger partial charge < -0.3 is 14.6 Å². The van der Waals surface area contributed by atoms with Gasteiger partial charge in [-0.3, -0.25) is 0 Å². The van der Waals surface area contributed by atoms with E-state index in [9.17, 15) is 0 Å². The molecule has 0 aliphatic carbocycles. The van der Waals surface area contributed by atoms with Gasteiger partial charge in [-0.2, -0.15) is 0 Å². The first-order valence-electron chi connectivity index (χ1n) is 6.63. The lowest BCUT2D eigenvalue weighted by molar-refractivity contribution is 0.199. The van der Waals surface area contributed by atoms with Crippen LogP contribution < -0.4 is 5.32 Å². The maximum absolute atomic E-state index is 5.05. The van der Waals surface area contributed by atoms with E-state index in [-0.39, 0.29) is 0 Å². The average molecular weight is 258 g/mol. The minimum atomic E-state index is 0.737. The predicted molar refractivity (Wildman–Crippen MR) is 80.3 cm³/mol. The molecule has 0 fully saturated rings. The SMILES string of the molecule is C=C(C)Cn1c(CNCCOC)cc2ccccc21. The van der Waals surface area contributed by atoms with Gasteiger partial charge in [-0.25, -0.2) is 0 Å². The molecule has 0 saturated carbocycles. The van der Waals surface area contributed by atoms with Crippen molar-refractivity contribution in [3.05, 3.63) is 48.2 Å². The molecule has 0 saturated heterocycles. The van der Waals surface area contributed by atoms with Gasteiger partial charge in [0, 0.05) is 38.0 Å². The number of benzene rings is 1. The molecule has 102 valence electrons. The molecule has 1 aromatic carbocycles. The molecule has 0 amide bonds. The number of ether oxygens (including phenoxy) is 1. The number of nitrogens with one attached hydrogen (secondary N) is 1. The molecule has 3 heteroatoms. The molecule has 2 rings (SSSR count). The highest BCUT2D eigenvalue weighted by molar-refractivity contribution is 5.81. The number of hydrogen-bond acceptors (Lipinski definition) is 2. The number of fused-ring (bicyclic) bond motifs is 1. The van der Waals surface area contributed by atoms with Crippen molar-refractivity contribution >= 4 is 10.9 Å². The molecule has 19 heavy (non-hydrogen) atoms. The molecule has 0 unspecified atom stereocenters. The van der Waals surface area contributed by atoms with Crippen LogP contribution in [0.4, 0.5) is 0 Å². The van der Waals surface area contributed by atoms with Crippen molar-refractivity contribution in [3.63, 3.8) is 0 Å². The highest BCUT2D eigenvalue weighted by Crippen LogP contribution is 2.20. The average Bonchev–Trinajstić information content (AvgIpc) is 2.73. The fraction of sp³-hybridized carbons (Fsp3) is 0.375. The van der Waals surface area contributed by atoms with E-state index < -0.39 is 0 Å². The first-order valence-corrected chi connectivity index (χ1v) is 6.63. The summed E-state index contributed by atoms with van der Waals surface area (Å²) in [5.74, 6) is 0. The van der Waals surface area contributed by atoms with Crippen molar-refractivity contribution in [2.45, 2.75) is 20.0 Å². The van der Waals surface area contributed by atoms with Crippen molar-refractivity contribution in [2.75, 3.05) is 20.3 Å². The zero-order valence-electron chi connectivity index (χ0n) is 11.8. The molecule has 1 N–H and O–H groups in total. The Kier molecular flexibility index (Phi) is 4.77. The fourth-order valence-electron chi connectivity index (χ4n) is 2.26. The molecule has 3 nitrogen and oxygen atoms in total. The van der Waals surface area contributed by atoms with Crippen LogP contribution >= 0.6 is 0 Å². The maximum Gasteiger partial charge on any atom is 0.0587 e. The monoisotopic (exact) mass is 258 g/mol. The second-order valence-electron chi connectivity index (χ2n) is 4.91. The summed E-state index contributed by atoms with van der Waals surface area (Å²) in [5.41, 5.74) is 3.73. The summed E-state index contributed by atoms with van der Waals surface area (Å²) >= 11 is 0. The molecule has 0 bridgehead atoms. The molecule has 2 aromatic rings. The second kappa shape index (κ2) is 6.55. The van der Waals surface area contributed by atoms with Crippen molar-refractivity contribution < 1.29 is 4.74 Å². The van der Waals surface area contributed by atoms with Gasteiger partial charge in [0.2, 0.25) is 0 Å². The van der Waals surface area contributed by atoms with E-state index in [0.717, 1.165) is 26.2 Å². The van der Waals surface area contributed by atoms with Gasteiger partial charge >= 0.3 is 0 Å². The van der Waals surface area contributed by atoms with Gasteiger partial charge in [0.05, 0.1) is 6.61 Å². The third-order valence-corrected chi connectivity index (χ3v) is 3.11. The Hall–Kier alpha value is -1.58. The van der Waals surface area contributed by atoms with Crippen LogP contribution in [0.1, 0.15) is 12.6 Å². The Balaban J connectivity index is 2.22. The van der Waals surface area contributed by atoms with E-state index in [1.54, 1.807) is 7.11 Å². The number of aromatic nitrogens is 1. The predicted octanol–water partition coefficient (Wildman–Crippen LogP) is 2.95. The highest BCUT2D eigenvalue weighted by Gasteiger charge is 2.07. The molecular formula is C16H22N2O. The Morgan fingerprint density at radius 1 is 1.37 bits per heavy atom. The largest absolute Gasteiger partial charge is 0.383 e. The topological polar surface area (TPSA) is 26.2 Å². The highest BCUT2D eigenvalue weighted by atomic mass is 16.5. The number of methoxy groups -OCH3 is 1. The number of para-hydroxylation sites is 1. The van der Waals surface area contributed by atoms with Crippen molar-refractivity contribution in [2.24, 2.45) is 0 Å². The van der Waals surface area contributed by atoms with E-state index >= 15 is 0 Å². The standard InChI is InChI=1S/C16H22N2O/c1-13(2)12-18-15(11-17-8-9-19-3)10-14-6-4-5-7-16(14)18/h4-7,10,17H,1,8-9,11-12H2,2-3H3. The van der Waals surface area contributed by atoms with E-state index in [4.69, 9.17) is 4.74 Å². The Morgan fingerprint density at radius 2 is 2.16 bits per heavy atom. The van der Waals surface area contributed by atoms with Gasteiger partial charge in [-0.15, -0.1) is 0 Å². The van der Waals surface area contributed by atoms with Crippen molar-refractivity contribution in [3.8, 4) is 0 Å². The van der Waals surface area contributed by atoms with E-state index in [0.29, 0.717) is 0 Å². The minimum absolute atomic E-state index is 0.737. The smallest absolute Gasteiger partial charge is 0.0587 e.